The molecule has 1 aliphatic rings. The lowest BCUT2D eigenvalue weighted by atomic mass is 10.2. The maximum atomic E-state index is 12.1. The van der Waals surface area contributed by atoms with Crippen LogP contribution < -0.4 is 4.74 Å². The van der Waals surface area contributed by atoms with Gasteiger partial charge in [-0.15, -0.1) is 0 Å². The summed E-state index contributed by atoms with van der Waals surface area (Å²) in [6.07, 6.45) is 1.17. The molecule has 2 N–H and O–H groups in total. The number of aliphatic hydroxyl groups excluding tert-OH is 1. The molecule has 0 amide bonds. The Labute approximate surface area is 108 Å². The summed E-state index contributed by atoms with van der Waals surface area (Å²) in [7, 11) is -1.73. The van der Waals surface area contributed by atoms with Gasteiger partial charge in [0.05, 0.1) is 18.9 Å². The Morgan fingerprint density at radius 2 is 2.11 bits per heavy atom. The van der Waals surface area contributed by atoms with E-state index in [1.807, 2.05) is 0 Å². The van der Waals surface area contributed by atoms with Crippen LogP contribution in [0.5, 0.6) is 5.75 Å². The second-order valence-corrected chi connectivity index (χ2v) is 5.59. The van der Waals surface area contributed by atoms with E-state index in [0.717, 1.165) is 7.05 Å². The smallest absolute Gasteiger partial charge is 0.357 e. The number of likely N-dealkylation sites (N-methyl/N-ethyl adjacent to an activating group) is 1. The highest BCUT2D eigenvalue weighted by atomic mass is 32.2. The molecule has 0 unspecified atom stereocenters. The van der Waals surface area contributed by atoms with Crippen molar-refractivity contribution in [2.75, 3.05) is 14.2 Å². The lowest BCUT2D eigenvalue weighted by Gasteiger charge is -2.26. The summed E-state index contributed by atoms with van der Waals surface area (Å²) in [5.41, 5.74) is -0.933. The van der Waals surface area contributed by atoms with Crippen LogP contribution in [0.25, 0.3) is 5.76 Å². The molecule has 19 heavy (non-hydrogen) atoms. The second-order valence-electron chi connectivity index (χ2n) is 3.70. The van der Waals surface area contributed by atoms with Crippen LogP contribution in [0.4, 0.5) is 0 Å². The van der Waals surface area contributed by atoms with E-state index in [2.05, 4.69) is 4.98 Å². The molecule has 0 aliphatic carbocycles. The zero-order valence-electron chi connectivity index (χ0n) is 9.98. The predicted octanol–water partition coefficient (Wildman–Crippen LogP) is 0.0355. The van der Waals surface area contributed by atoms with Crippen molar-refractivity contribution < 1.29 is 28.2 Å². The summed E-state index contributed by atoms with van der Waals surface area (Å²) in [6.45, 7) is 0. The van der Waals surface area contributed by atoms with Crippen LogP contribution in [0.15, 0.2) is 23.0 Å². The van der Waals surface area contributed by atoms with Crippen molar-refractivity contribution in [2.45, 2.75) is 5.03 Å². The first kappa shape index (κ1) is 13.1. The number of pyridine rings is 1. The lowest BCUT2D eigenvalue weighted by molar-refractivity contribution is -0.133. The monoisotopic (exact) mass is 286 g/mol. The number of aliphatic carboxylic acids is 1. The van der Waals surface area contributed by atoms with Crippen molar-refractivity contribution in [3.05, 3.63) is 23.5 Å². The van der Waals surface area contributed by atoms with Crippen LogP contribution in [-0.2, 0) is 14.8 Å². The maximum Gasteiger partial charge on any atom is 0.357 e. The molecule has 2 heterocycles. The molecular weight excluding hydrogens is 276 g/mol. The number of aromatic nitrogens is 1. The topological polar surface area (TPSA) is 117 Å². The summed E-state index contributed by atoms with van der Waals surface area (Å²) in [5.74, 6) is -2.03. The highest BCUT2D eigenvalue weighted by Gasteiger charge is 2.39. The number of hydrogen-bond acceptors (Lipinski definition) is 6. The number of carboxylic acid groups (broad SMARTS) is 1. The number of fused-ring (bicyclic) bond motifs is 1. The van der Waals surface area contributed by atoms with E-state index in [0.29, 0.717) is 4.31 Å². The SMILES string of the molecule is COc1cnc2c(c1)C(O)=C(C(=O)O)N(C)S2(=O)=O. The van der Waals surface area contributed by atoms with Gasteiger partial charge in [-0.2, -0.15) is 8.42 Å². The van der Waals surface area contributed by atoms with E-state index in [9.17, 15) is 18.3 Å². The molecule has 1 aromatic heterocycles. The van der Waals surface area contributed by atoms with Gasteiger partial charge in [-0.05, 0) is 6.07 Å². The van der Waals surface area contributed by atoms with Gasteiger partial charge in [0.25, 0.3) is 10.0 Å². The van der Waals surface area contributed by atoms with Crippen molar-refractivity contribution >= 4 is 21.8 Å². The fourth-order valence-corrected chi connectivity index (χ4v) is 2.97. The van der Waals surface area contributed by atoms with Gasteiger partial charge in [0.2, 0.25) is 0 Å². The number of ether oxygens (including phenoxy) is 1. The quantitative estimate of drug-likeness (QED) is 0.787. The van der Waals surface area contributed by atoms with E-state index < -0.39 is 32.5 Å². The van der Waals surface area contributed by atoms with Gasteiger partial charge in [-0.1, -0.05) is 0 Å². The molecule has 0 saturated heterocycles. The van der Waals surface area contributed by atoms with Crippen molar-refractivity contribution in [2.24, 2.45) is 0 Å². The van der Waals surface area contributed by atoms with Crippen molar-refractivity contribution in [3.8, 4) is 5.75 Å². The molecule has 0 radical (unpaired) electrons. The third-order valence-corrected chi connectivity index (χ3v) is 4.38. The molecule has 9 heteroatoms. The molecule has 8 nitrogen and oxygen atoms in total. The van der Waals surface area contributed by atoms with Crippen LogP contribution in [0.3, 0.4) is 0 Å². The average molecular weight is 286 g/mol. The second kappa shape index (κ2) is 4.12. The molecule has 0 aromatic carbocycles. The minimum atomic E-state index is -4.10. The van der Waals surface area contributed by atoms with Gasteiger partial charge in [0, 0.05) is 7.05 Å². The standard InChI is InChI=1S/C10H10N2O6S/c1-12-7(10(14)15)8(13)6-3-5(18-2)4-11-9(6)19(12,16)17/h3-4,13H,1-2H3,(H,14,15). The van der Waals surface area contributed by atoms with Crippen molar-refractivity contribution in [3.63, 3.8) is 0 Å². The fourth-order valence-electron chi connectivity index (χ4n) is 1.68. The zero-order valence-corrected chi connectivity index (χ0v) is 10.8. The van der Waals surface area contributed by atoms with Gasteiger partial charge in [0.15, 0.2) is 16.5 Å². The van der Waals surface area contributed by atoms with E-state index in [-0.39, 0.29) is 11.3 Å². The summed E-state index contributed by atoms with van der Waals surface area (Å²) < 4.78 is 29.5. The van der Waals surface area contributed by atoms with E-state index >= 15 is 0 Å². The summed E-state index contributed by atoms with van der Waals surface area (Å²) in [5, 5.41) is 18.5. The number of sulfonamides is 1. The molecule has 1 aliphatic heterocycles. The molecule has 0 atom stereocenters. The number of nitrogens with zero attached hydrogens (tertiary/aromatic N) is 2. The van der Waals surface area contributed by atoms with Crippen LogP contribution in [-0.4, -0.2) is 48.0 Å². The first-order chi connectivity index (χ1) is 8.80. The number of aliphatic hydroxyl groups is 1. The first-order valence-corrected chi connectivity index (χ1v) is 6.44. The van der Waals surface area contributed by atoms with Gasteiger partial charge in [-0.25, -0.2) is 9.78 Å². The largest absolute Gasteiger partial charge is 0.505 e. The molecular formula is C10H10N2O6S. The summed E-state index contributed by atoms with van der Waals surface area (Å²) in [6, 6.07) is 1.21. The van der Waals surface area contributed by atoms with E-state index in [1.54, 1.807) is 0 Å². The summed E-state index contributed by atoms with van der Waals surface area (Å²) in [4.78, 5) is 14.7. The Kier molecular flexibility index (Phi) is 2.85. The molecule has 0 saturated carbocycles. The van der Waals surface area contributed by atoms with Crippen molar-refractivity contribution in [1.82, 2.24) is 9.29 Å². The van der Waals surface area contributed by atoms with Gasteiger partial charge < -0.3 is 14.9 Å². The van der Waals surface area contributed by atoms with Gasteiger partial charge >= 0.3 is 5.97 Å². The van der Waals surface area contributed by atoms with Crippen LogP contribution in [0.1, 0.15) is 5.56 Å². The molecule has 0 spiro atoms. The Bertz CT molecular complexity index is 694. The minimum Gasteiger partial charge on any atom is -0.505 e. The van der Waals surface area contributed by atoms with Crippen LogP contribution in [0.2, 0.25) is 0 Å². The number of hydrogen-bond donors (Lipinski definition) is 2. The zero-order chi connectivity index (χ0) is 14.4. The first-order valence-electron chi connectivity index (χ1n) is 5.00. The Morgan fingerprint density at radius 3 is 2.63 bits per heavy atom. The lowest BCUT2D eigenvalue weighted by Crippen LogP contribution is -2.35. The number of rotatable bonds is 2. The summed E-state index contributed by atoms with van der Waals surface area (Å²) >= 11 is 0. The van der Waals surface area contributed by atoms with Gasteiger partial charge in [-0.3, -0.25) is 4.31 Å². The van der Waals surface area contributed by atoms with E-state index in [4.69, 9.17) is 9.84 Å². The predicted molar refractivity (Wildman–Crippen MR) is 62.9 cm³/mol. The number of carboxylic acids is 1. The van der Waals surface area contributed by atoms with Crippen LogP contribution >= 0.6 is 0 Å². The highest BCUT2D eigenvalue weighted by Crippen LogP contribution is 2.34. The molecule has 1 aromatic rings. The number of carbonyl (C=O) groups is 1. The molecule has 2 rings (SSSR count). The normalized spacial score (nSPS) is 17.1. The third kappa shape index (κ3) is 1.78. The van der Waals surface area contributed by atoms with Crippen LogP contribution in [0, 0.1) is 0 Å². The third-order valence-electron chi connectivity index (χ3n) is 2.66. The Hall–Kier alpha value is -2.29. The van der Waals surface area contributed by atoms with E-state index in [1.165, 1.54) is 19.4 Å². The average Bonchev–Trinajstić information content (AvgIpc) is 2.36. The van der Waals surface area contributed by atoms with Gasteiger partial charge in [0.1, 0.15) is 5.75 Å². The Morgan fingerprint density at radius 1 is 1.47 bits per heavy atom. The molecule has 0 bridgehead atoms. The number of methoxy groups -OCH3 is 1. The fraction of sp³-hybridized carbons (Fsp3) is 0.200. The molecule has 0 fully saturated rings. The minimum absolute atomic E-state index is 0.199. The highest BCUT2D eigenvalue weighted by molar-refractivity contribution is 7.89. The Balaban J connectivity index is 2.85. The molecule has 102 valence electrons. The maximum absolute atomic E-state index is 12.1. The van der Waals surface area contributed by atoms with Crippen molar-refractivity contribution in [1.29, 1.82) is 0 Å².